The highest BCUT2D eigenvalue weighted by molar-refractivity contribution is 6.33. The van der Waals surface area contributed by atoms with Crippen molar-refractivity contribution in [1.29, 1.82) is 0 Å². The van der Waals surface area contributed by atoms with Crippen LogP contribution in [-0.4, -0.2) is 16.1 Å². The summed E-state index contributed by atoms with van der Waals surface area (Å²) in [6, 6.07) is 13.1. The molecule has 0 saturated heterocycles. The molecule has 5 nitrogen and oxygen atoms in total. The third-order valence-electron chi connectivity index (χ3n) is 4.36. The molecule has 1 N–H and O–H groups in total. The lowest BCUT2D eigenvalue weighted by Crippen LogP contribution is -2.13. The number of benzene rings is 2. The molecule has 25 heavy (non-hydrogen) atoms. The van der Waals surface area contributed by atoms with Crippen LogP contribution in [0.3, 0.4) is 0 Å². The van der Waals surface area contributed by atoms with E-state index in [-0.39, 0.29) is 17.8 Å². The van der Waals surface area contributed by atoms with Crippen molar-refractivity contribution >= 4 is 23.5 Å². The molecule has 3 aromatic rings. The molecule has 1 aliphatic carbocycles. The monoisotopic (exact) mass is 353 g/mol. The van der Waals surface area contributed by atoms with E-state index < -0.39 is 0 Å². The van der Waals surface area contributed by atoms with Crippen LogP contribution in [0.5, 0.6) is 0 Å². The third kappa shape index (κ3) is 3.28. The topological polar surface area (TPSA) is 68.0 Å². The van der Waals surface area contributed by atoms with E-state index in [1.165, 1.54) is 24.0 Å². The number of fused-ring (bicyclic) bond motifs is 1. The third-order valence-corrected chi connectivity index (χ3v) is 4.69. The SMILES string of the molecule is O=C(Nc1nnc(-c2ccccc2Cl)o1)c1ccc2c(c1)CCCC2. The number of aromatic nitrogens is 2. The predicted molar refractivity (Wildman–Crippen MR) is 95.8 cm³/mol. The van der Waals surface area contributed by atoms with E-state index in [4.69, 9.17) is 16.0 Å². The van der Waals surface area contributed by atoms with Crippen molar-refractivity contribution in [1.82, 2.24) is 10.2 Å². The lowest BCUT2D eigenvalue weighted by atomic mass is 9.90. The molecule has 0 aliphatic heterocycles. The van der Waals surface area contributed by atoms with E-state index in [0.29, 0.717) is 16.1 Å². The van der Waals surface area contributed by atoms with Crippen LogP contribution in [-0.2, 0) is 12.8 Å². The van der Waals surface area contributed by atoms with E-state index in [1.54, 1.807) is 12.1 Å². The molecule has 0 unspecified atom stereocenters. The maximum Gasteiger partial charge on any atom is 0.322 e. The molecule has 0 spiro atoms. The molecule has 1 aromatic heterocycles. The number of hydrogen-bond acceptors (Lipinski definition) is 4. The van der Waals surface area contributed by atoms with Crippen LogP contribution in [0.4, 0.5) is 6.01 Å². The number of carbonyl (C=O) groups is 1. The number of hydrogen-bond donors (Lipinski definition) is 1. The second-order valence-corrected chi connectivity index (χ2v) is 6.44. The molecule has 0 fully saturated rings. The van der Waals surface area contributed by atoms with Crippen LogP contribution in [0.2, 0.25) is 5.02 Å². The average molecular weight is 354 g/mol. The number of aryl methyl sites for hydroxylation is 2. The predicted octanol–water partition coefficient (Wildman–Crippen LogP) is 4.52. The minimum atomic E-state index is -0.261. The maximum absolute atomic E-state index is 12.4. The van der Waals surface area contributed by atoms with Crippen molar-refractivity contribution in [2.75, 3.05) is 5.32 Å². The van der Waals surface area contributed by atoms with Gasteiger partial charge in [-0.1, -0.05) is 34.9 Å². The van der Waals surface area contributed by atoms with Gasteiger partial charge in [-0.2, -0.15) is 0 Å². The van der Waals surface area contributed by atoms with E-state index in [9.17, 15) is 4.79 Å². The summed E-state index contributed by atoms with van der Waals surface area (Å²) >= 11 is 6.12. The number of nitrogens with one attached hydrogen (secondary N) is 1. The first kappa shape index (κ1) is 15.8. The highest BCUT2D eigenvalue weighted by Crippen LogP contribution is 2.27. The first-order chi connectivity index (χ1) is 12.2. The van der Waals surface area contributed by atoms with Crippen LogP contribution in [0.15, 0.2) is 46.9 Å². The van der Waals surface area contributed by atoms with E-state index in [1.807, 2.05) is 30.3 Å². The number of nitrogens with zero attached hydrogens (tertiary/aromatic N) is 2. The molecule has 4 rings (SSSR count). The first-order valence-corrected chi connectivity index (χ1v) is 8.60. The van der Waals surface area contributed by atoms with Crippen LogP contribution in [0.25, 0.3) is 11.5 Å². The molecule has 0 bridgehead atoms. The summed E-state index contributed by atoms with van der Waals surface area (Å²) in [6.07, 6.45) is 4.49. The Balaban J connectivity index is 1.53. The first-order valence-electron chi connectivity index (χ1n) is 8.22. The van der Waals surface area contributed by atoms with Gasteiger partial charge in [-0.25, -0.2) is 0 Å². The highest BCUT2D eigenvalue weighted by atomic mass is 35.5. The maximum atomic E-state index is 12.4. The Hall–Kier alpha value is -2.66. The van der Waals surface area contributed by atoms with Gasteiger partial charge in [-0.05, 0) is 61.1 Å². The Labute approximate surface area is 150 Å². The molecule has 0 atom stereocenters. The van der Waals surface area contributed by atoms with Gasteiger partial charge in [0.15, 0.2) is 0 Å². The van der Waals surface area contributed by atoms with Crippen LogP contribution in [0.1, 0.15) is 34.3 Å². The van der Waals surface area contributed by atoms with Crippen LogP contribution < -0.4 is 5.32 Å². The Bertz CT molecular complexity index is 936. The summed E-state index contributed by atoms with van der Waals surface area (Å²) < 4.78 is 5.52. The lowest BCUT2D eigenvalue weighted by molar-refractivity contribution is 0.102. The number of halogens is 1. The van der Waals surface area contributed by atoms with Crippen molar-refractivity contribution in [2.24, 2.45) is 0 Å². The van der Waals surface area contributed by atoms with Gasteiger partial charge >= 0.3 is 6.01 Å². The van der Waals surface area contributed by atoms with E-state index >= 15 is 0 Å². The number of anilines is 1. The standard InChI is InChI=1S/C19H16ClN3O2/c20-16-8-4-3-7-15(16)18-22-23-19(25-18)21-17(24)14-10-9-12-5-1-2-6-13(12)11-14/h3-4,7-11H,1-2,5-6H2,(H,21,23,24). The van der Waals surface area contributed by atoms with Crippen molar-refractivity contribution in [3.05, 3.63) is 64.2 Å². The highest BCUT2D eigenvalue weighted by Gasteiger charge is 2.16. The van der Waals surface area contributed by atoms with Gasteiger partial charge in [0, 0.05) is 5.56 Å². The quantitative estimate of drug-likeness (QED) is 0.751. The number of carbonyl (C=O) groups excluding carboxylic acids is 1. The van der Waals surface area contributed by atoms with Gasteiger partial charge in [-0.15, -0.1) is 5.10 Å². The fourth-order valence-corrected chi connectivity index (χ4v) is 3.28. The van der Waals surface area contributed by atoms with E-state index in [2.05, 4.69) is 15.5 Å². The molecule has 1 amide bonds. The largest absolute Gasteiger partial charge is 0.403 e. The average Bonchev–Trinajstić information content (AvgIpc) is 3.10. The van der Waals surface area contributed by atoms with Crippen LogP contribution >= 0.6 is 11.6 Å². The van der Waals surface area contributed by atoms with Crippen molar-refractivity contribution in [3.8, 4) is 11.5 Å². The molecule has 1 heterocycles. The molecule has 2 aromatic carbocycles. The molecule has 126 valence electrons. The fourth-order valence-electron chi connectivity index (χ4n) is 3.06. The van der Waals surface area contributed by atoms with Gasteiger partial charge in [-0.3, -0.25) is 10.1 Å². The summed E-state index contributed by atoms with van der Waals surface area (Å²) in [5, 5.41) is 11.0. The van der Waals surface area contributed by atoms with Gasteiger partial charge in [0.05, 0.1) is 10.6 Å². The Kier molecular flexibility index (Phi) is 4.24. The minimum Gasteiger partial charge on any atom is -0.403 e. The van der Waals surface area contributed by atoms with Crippen molar-refractivity contribution in [3.63, 3.8) is 0 Å². The Morgan fingerprint density at radius 3 is 2.68 bits per heavy atom. The summed E-state index contributed by atoms with van der Waals surface area (Å²) in [6.45, 7) is 0. The van der Waals surface area contributed by atoms with Crippen LogP contribution in [0, 0.1) is 0 Å². The second-order valence-electron chi connectivity index (χ2n) is 6.04. The normalized spacial score (nSPS) is 13.3. The summed E-state index contributed by atoms with van der Waals surface area (Å²) in [4.78, 5) is 12.4. The summed E-state index contributed by atoms with van der Waals surface area (Å²) in [7, 11) is 0. The van der Waals surface area contributed by atoms with E-state index in [0.717, 1.165) is 12.8 Å². The zero-order valence-corrected chi connectivity index (χ0v) is 14.2. The van der Waals surface area contributed by atoms with Gasteiger partial charge in [0.2, 0.25) is 0 Å². The van der Waals surface area contributed by atoms with Gasteiger partial charge < -0.3 is 4.42 Å². The molecule has 0 radical (unpaired) electrons. The molecular weight excluding hydrogens is 338 g/mol. The number of rotatable bonds is 3. The molecule has 6 heteroatoms. The smallest absolute Gasteiger partial charge is 0.322 e. The summed E-state index contributed by atoms with van der Waals surface area (Å²) in [5.74, 6) is 0.00840. The zero-order valence-electron chi connectivity index (χ0n) is 13.5. The Morgan fingerprint density at radius 1 is 1.04 bits per heavy atom. The van der Waals surface area contributed by atoms with Gasteiger partial charge in [0.1, 0.15) is 0 Å². The van der Waals surface area contributed by atoms with Crippen molar-refractivity contribution < 1.29 is 9.21 Å². The Morgan fingerprint density at radius 2 is 1.84 bits per heavy atom. The number of amides is 1. The minimum absolute atomic E-state index is 0.0534. The molecular formula is C19H16ClN3O2. The zero-order chi connectivity index (χ0) is 17.2. The lowest BCUT2D eigenvalue weighted by Gasteiger charge is -2.16. The molecule has 0 saturated carbocycles. The van der Waals surface area contributed by atoms with Crippen molar-refractivity contribution in [2.45, 2.75) is 25.7 Å². The fraction of sp³-hybridized carbons (Fsp3) is 0.211. The second kappa shape index (κ2) is 6.69. The van der Waals surface area contributed by atoms with Gasteiger partial charge in [0.25, 0.3) is 11.8 Å². The summed E-state index contributed by atoms with van der Waals surface area (Å²) in [5.41, 5.74) is 3.81. The molecule has 1 aliphatic rings.